The van der Waals surface area contributed by atoms with Crippen molar-refractivity contribution in [1.29, 1.82) is 0 Å². The van der Waals surface area contributed by atoms with Crippen molar-refractivity contribution in [1.82, 2.24) is 0 Å². The molecule has 0 saturated carbocycles. The summed E-state index contributed by atoms with van der Waals surface area (Å²) in [5.74, 6) is 1.06. The van der Waals surface area contributed by atoms with E-state index in [-0.39, 0.29) is 12.7 Å². The fourth-order valence-electron chi connectivity index (χ4n) is 3.70. The van der Waals surface area contributed by atoms with Gasteiger partial charge in [0.15, 0.2) is 6.79 Å². The topological polar surface area (TPSA) is 66.5 Å². The minimum atomic E-state index is -0.418. The van der Waals surface area contributed by atoms with Gasteiger partial charge < -0.3 is 28.6 Å². The number of carbonyl (C=O) groups excluding carboxylic acids is 1. The normalized spacial score (nSPS) is 15.4. The van der Waals surface area contributed by atoms with Crippen LogP contribution in [0.25, 0.3) is 0 Å². The van der Waals surface area contributed by atoms with E-state index in [1.807, 2.05) is 30.3 Å². The van der Waals surface area contributed by atoms with E-state index in [1.165, 1.54) is 12.7 Å². The molecule has 2 aromatic carbocycles. The molecular formula is C25H31NO6. The van der Waals surface area contributed by atoms with Gasteiger partial charge in [-0.25, -0.2) is 4.79 Å². The van der Waals surface area contributed by atoms with Crippen LogP contribution in [0.2, 0.25) is 0 Å². The van der Waals surface area contributed by atoms with Crippen LogP contribution in [0.4, 0.5) is 5.69 Å². The van der Waals surface area contributed by atoms with Gasteiger partial charge in [-0.1, -0.05) is 18.2 Å². The summed E-state index contributed by atoms with van der Waals surface area (Å²) in [6.45, 7) is 6.02. The highest BCUT2D eigenvalue weighted by Gasteiger charge is 2.27. The smallest absolute Gasteiger partial charge is 0.341 e. The first kappa shape index (κ1) is 23.6. The van der Waals surface area contributed by atoms with Gasteiger partial charge in [-0.05, 0) is 37.6 Å². The van der Waals surface area contributed by atoms with Gasteiger partial charge in [0.05, 0.1) is 13.2 Å². The molecule has 1 atom stereocenters. The van der Waals surface area contributed by atoms with Gasteiger partial charge in [-0.2, -0.15) is 0 Å². The van der Waals surface area contributed by atoms with Crippen molar-refractivity contribution in [2.75, 3.05) is 52.3 Å². The number of carbonyl (C=O) groups is 1. The minimum Gasteiger partial charge on any atom is -0.491 e. The second-order valence-electron chi connectivity index (χ2n) is 7.41. The monoisotopic (exact) mass is 441 g/mol. The number of anilines is 1. The Hall–Kier alpha value is -3.03. The maximum Gasteiger partial charge on any atom is 0.341 e. The standard InChI is InChI=1S/C25H31NO6/c1-5-30-25(27)21-11-10-19(14-24(21)32-17-29-4)26-15-18(2)22(16-26)20-8-6-7-9-23(20)31-13-12-28-3/h6-11,14-15,22H,5,12-13,16-17H2,1-4H3. The predicted octanol–water partition coefficient (Wildman–Crippen LogP) is 4.38. The zero-order valence-corrected chi connectivity index (χ0v) is 19.1. The van der Waals surface area contributed by atoms with Crippen LogP contribution in [-0.4, -0.2) is 53.3 Å². The Morgan fingerprint density at radius 2 is 1.84 bits per heavy atom. The first-order valence-corrected chi connectivity index (χ1v) is 10.7. The van der Waals surface area contributed by atoms with Crippen LogP contribution in [0.15, 0.2) is 54.2 Å². The second-order valence-corrected chi connectivity index (χ2v) is 7.41. The molecule has 0 spiro atoms. The maximum absolute atomic E-state index is 12.3. The molecule has 0 saturated heterocycles. The lowest BCUT2D eigenvalue weighted by atomic mass is 9.93. The molecule has 0 aromatic heterocycles. The van der Waals surface area contributed by atoms with Gasteiger partial charge in [-0.15, -0.1) is 0 Å². The molecule has 3 rings (SSSR count). The molecule has 0 amide bonds. The summed E-state index contributed by atoms with van der Waals surface area (Å²) in [6, 6.07) is 13.6. The highest BCUT2D eigenvalue weighted by molar-refractivity contribution is 5.93. The number of hydrogen-bond donors (Lipinski definition) is 0. The van der Waals surface area contributed by atoms with Crippen LogP contribution in [0, 0.1) is 0 Å². The third-order valence-electron chi connectivity index (χ3n) is 5.25. The molecular weight excluding hydrogens is 410 g/mol. The average molecular weight is 442 g/mol. The lowest BCUT2D eigenvalue weighted by molar-refractivity contribution is 0.0438. The van der Waals surface area contributed by atoms with E-state index in [9.17, 15) is 4.79 Å². The van der Waals surface area contributed by atoms with Crippen LogP contribution in [0.1, 0.15) is 35.7 Å². The molecule has 0 bridgehead atoms. The number of hydrogen-bond acceptors (Lipinski definition) is 7. The quantitative estimate of drug-likeness (QED) is 0.291. The Balaban J connectivity index is 1.83. The molecule has 2 aromatic rings. The molecule has 0 N–H and O–H groups in total. The summed E-state index contributed by atoms with van der Waals surface area (Å²) < 4.78 is 26.9. The zero-order chi connectivity index (χ0) is 22.9. The number of methoxy groups -OCH3 is 2. The van der Waals surface area contributed by atoms with Crippen molar-refractivity contribution in [2.24, 2.45) is 0 Å². The molecule has 1 aliphatic rings. The third kappa shape index (κ3) is 5.60. The molecule has 0 fully saturated rings. The molecule has 1 aliphatic heterocycles. The summed E-state index contributed by atoms with van der Waals surface area (Å²) in [4.78, 5) is 14.5. The van der Waals surface area contributed by atoms with E-state index in [4.69, 9.17) is 23.7 Å². The Bertz CT molecular complexity index is 942. The van der Waals surface area contributed by atoms with Gasteiger partial charge in [0.25, 0.3) is 0 Å². The number of ether oxygens (including phenoxy) is 5. The van der Waals surface area contributed by atoms with Gasteiger partial charge >= 0.3 is 5.97 Å². The Labute approximate surface area is 189 Å². The lowest BCUT2D eigenvalue weighted by Gasteiger charge is -2.22. The molecule has 32 heavy (non-hydrogen) atoms. The van der Waals surface area contributed by atoms with Gasteiger partial charge in [0.1, 0.15) is 23.7 Å². The minimum absolute atomic E-state index is 0.0412. The van der Waals surface area contributed by atoms with Gasteiger partial charge in [0.2, 0.25) is 0 Å². The number of benzene rings is 2. The van der Waals surface area contributed by atoms with E-state index in [0.717, 1.165) is 23.5 Å². The number of para-hydroxylation sites is 1. The fraction of sp³-hybridized carbons (Fsp3) is 0.400. The first-order valence-electron chi connectivity index (χ1n) is 10.7. The molecule has 7 heteroatoms. The van der Waals surface area contributed by atoms with Gasteiger partial charge in [-0.3, -0.25) is 0 Å². The maximum atomic E-state index is 12.3. The fourth-order valence-corrected chi connectivity index (χ4v) is 3.70. The average Bonchev–Trinajstić information content (AvgIpc) is 3.19. The largest absolute Gasteiger partial charge is 0.491 e. The zero-order valence-electron chi connectivity index (χ0n) is 19.1. The number of rotatable bonds is 11. The van der Waals surface area contributed by atoms with E-state index >= 15 is 0 Å². The van der Waals surface area contributed by atoms with Crippen molar-refractivity contribution in [3.8, 4) is 11.5 Å². The Morgan fingerprint density at radius 3 is 2.59 bits per heavy atom. The molecule has 0 radical (unpaired) electrons. The second kappa shape index (κ2) is 11.5. The van der Waals surface area contributed by atoms with Crippen molar-refractivity contribution in [3.63, 3.8) is 0 Å². The van der Waals surface area contributed by atoms with Crippen LogP contribution in [0.3, 0.4) is 0 Å². The number of nitrogens with zero attached hydrogens (tertiary/aromatic N) is 1. The van der Waals surface area contributed by atoms with Crippen molar-refractivity contribution < 1.29 is 28.5 Å². The predicted molar refractivity (Wildman–Crippen MR) is 123 cm³/mol. The van der Waals surface area contributed by atoms with Crippen LogP contribution in [-0.2, 0) is 14.2 Å². The molecule has 1 unspecified atom stereocenters. The summed E-state index contributed by atoms with van der Waals surface area (Å²) in [6.07, 6.45) is 2.12. The van der Waals surface area contributed by atoms with Crippen LogP contribution < -0.4 is 14.4 Å². The summed E-state index contributed by atoms with van der Waals surface area (Å²) >= 11 is 0. The summed E-state index contributed by atoms with van der Waals surface area (Å²) in [5.41, 5.74) is 3.66. The highest BCUT2D eigenvalue weighted by atomic mass is 16.7. The summed E-state index contributed by atoms with van der Waals surface area (Å²) in [5, 5.41) is 0. The Morgan fingerprint density at radius 1 is 1.03 bits per heavy atom. The molecule has 0 aliphatic carbocycles. The van der Waals surface area contributed by atoms with Crippen molar-refractivity contribution in [2.45, 2.75) is 19.8 Å². The molecule has 1 heterocycles. The number of esters is 1. The van der Waals surface area contributed by atoms with Crippen LogP contribution in [0.5, 0.6) is 11.5 Å². The van der Waals surface area contributed by atoms with E-state index in [2.05, 4.69) is 24.1 Å². The SMILES string of the molecule is CCOC(=O)c1ccc(N2C=C(C)C(c3ccccc3OCCOC)C2)cc1OCOC. The van der Waals surface area contributed by atoms with E-state index < -0.39 is 5.97 Å². The molecule has 172 valence electrons. The third-order valence-corrected chi connectivity index (χ3v) is 5.25. The molecule has 7 nitrogen and oxygen atoms in total. The van der Waals surface area contributed by atoms with E-state index in [1.54, 1.807) is 20.1 Å². The van der Waals surface area contributed by atoms with Crippen molar-refractivity contribution >= 4 is 11.7 Å². The van der Waals surface area contributed by atoms with Crippen LogP contribution >= 0.6 is 0 Å². The summed E-state index contributed by atoms with van der Waals surface area (Å²) in [7, 11) is 3.20. The van der Waals surface area contributed by atoms with E-state index in [0.29, 0.717) is 31.1 Å². The lowest BCUT2D eigenvalue weighted by Crippen LogP contribution is -2.18. The Kier molecular flexibility index (Phi) is 8.53. The first-order chi connectivity index (χ1) is 15.6. The highest BCUT2D eigenvalue weighted by Crippen LogP contribution is 2.39. The van der Waals surface area contributed by atoms with Crippen molar-refractivity contribution in [3.05, 3.63) is 65.4 Å². The van der Waals surface area contributed by atoms with Gasteiger partial charge in [0, 0.05) is 50.2 Å².